The maximum atomic E-state index is 11.3. The van der Waals surface area contributed by atoms with Gasteiger partial charge in [0, 0.05) is 17.8 Å². The van der Waals surface area contributed by atoms with Gasteiger partial charge in [-0.25, -0.2) is 4.79 Å². The SMILES string of the molecule is O=C(O)c1cc(-c2cccc(COc3ccc4cnccc4c3)c2)ccc1Cl. The molecule has 0 amide bonds. The summed E-state index contributed by atoms with van der Waals surface area (Å²) in [5.74, 6) is -0.262. The summed E-state index contributed by atoms with van der Waals surface area (Å²) >= 11 is 5.96. The highest BCUT2D eigenvalue weighted by Gasteiger charge is 2.10. The molecule has 1 heterocycles. The fourth-order valence-corrected chi connectivity index (χ4v) is 3.23. The zero-order chi connectivity index (χ0) is 19.5. The van der Waals surface area contributed by atoms with E-state index < -0.39 is 5.97 Å². The Labute approximate surface area is 167 Å². The van der Waals surface area contributed by atoms with Crippen LogP contribution in [0.5, 0.6) is 5.75 Å². The minimum atomic E-state index is -1.04. The van der Waals surface area contributed by atoms with Crippen LogP contribution in [0.3, 0.4) is 0 Å². The first-order valence-corrected chi connectivity index (χ1v) is 9.07. The molecule has 1 N–H and O–H groups in total. The second kappa shape index (κ2) is 7.71. The van der Waals surface area contributed by atoms with E-state index in [1.807, 2.05) is 60.8 Å². The number of pyridine rings is 1. The third-order valence-corrected chi connectivity index (χ3v) is 4.80. The minimum Gasteiger partial charge on any atom is -0.489 e. The van der Waals surface area contributed by atoms with Gasteiger partial charge in [0.15, 0.2) is 0 Å². The molecule has 4 aromatic rings. The zero-order valence-corrected chi connectivity index (χ0v) is 15.6. The molecule has 0 aliphatic heterocycles. The van der Waals surface area contributed by atoms with Crippen molar-refractivity contribution < 1.29 is 14.6 Å². The quantitative estimate of drug-likeness (QED) is 0.466. The molecule has 138 valence electrons. The van der Waals surface area contributed by atoms with Crippen LogP contribution in [-0.4, -0.2) is 16.1 Å². The van der Waals surface area contributed by atoms with Gasteiger partial charge in [-0.15, -0.1) is 0 Å². The van der Waals surface area contributed by atoms with E-state index in [2.05, 4.69) is 4.98 Å². The lowest BCUT2D eigenvalue weighted by Crippen LogP contribution is -1.98. The van der Waals surface area contributed by atoms with Crippen molar-refractivity contribution in [3.8, 4) is 16.9 Å². The van der Waals surface area contributed by atoms with Crippen LogP contribution in [0.2, 0.25) is 5.02 Å². The van der Waals surface area contributed by atoms with Gasteiger partial charge < -0.3 is 9.84 Å². The van der Waals surface area contributed by atoms with Crippen LogP contribution in [0.4, 0.5) is 0 Å². The van der Waals surface area contributed by atoms with E-state index in [9.17, 15) is 9.90 Å². The van der Waals surface area contributed by atoms with Crippen LogP contribution in [0.1, 0.15) is 15.9 Å². The first-order valence-electron chi connectivity index (χ1n) is 8.69. The van der Waals surface area contributed by atoms with Crippen LogP contribution in [0, 0.1) is 0 Å². The van der Waals surface area contributed by atoms with Crippen molar-refractivity contribution in [2.45, 2.75) is 6.61 Å². The predicted molar refractivity (Wildman–Crippen MR) is 110 cm³/mol. The summed E-state index contributed by atoms with van der Waals surface area (Å²) in [4.78, 5) is 15.4. The lowest BCUT2D eigenvalue weighted by molar-refractivity contribution is 0.0697. The number of hydrogen-bond acceptors (Lipinski definition) is 3. The molecule has 0 aliphatic carbocycles. The first kappa shape index (κ1) is 18.0. The number of hydrogen-bond donors (Lipinski definition) is 1. The van der Waals surface area contributed by atoms with Gasteiger partial charge in [0.25, 0.3) is 0 Å². The molecule has 1 aromatic heterocycles. The highest BCUT2D eigenvalue weighted by Crippen LogP contribution is 2.27. The Hall–Kier alpha value is -3.37. The number of carboxylic acids is 1. The molecule has 0 aliphatic rings. The Bertz CT molecular complexity index is 1170. The molecule has 3 aromatic carbocycles. The fourth-order valence-electron chi connectivity index (χ4n) is 3.03. The zero-order valence-electron chi connectivity index (χ0n) is 14.8. The van der Waals surface area contributed by atoms with Crippen LogP contribution in [-0.2, 0) is 6.61 Å². The van der Waals surface area contributed by atoms with Crippen molar-refractivity contribution >= 4 is 28.3 Å². The highest BCUT2D eigenvalue weighted by atomic mass is 35.5. The molecule has 0 saturated heterocycles. The lowest BCUT2D eigenvalue weighted by atomic mass is 10.0. The Morgan fingerprint density at radius 3 is 2.68 bits per heavy atom. The molecule has 0 fully saturated rings. The largest absolute Gasteiger partial charge is 0.489 e. The van der Waals surface area contributed by atoms with Gasteiger partial charge >= 0.3 is 5.97 Å². The summed E-state index contributed by atoms with van der Waals surface area (Å²) in [7, 11) is 0. The topological polar surface area (TPSA) is 59.4 Å². The van der Waals surface area contributed by atoms with Crippen LogP contribution in [0.25, 0.3) is 21.9 Å². The predicted octanol–water partition coefficient (Wildman–Crippen LogP) is 5.83. The molecule has 0 atom stereocenters. The van der Waals surface area contributed by atoms with E-state index >= 15 is 0 Å². The number of aromatic carboxylic acids is 1. The summed E-state index contributed by atoms with van der Waals surface area (Å²) < 4.78 is 5.94. The van der Waals surface area contributed by atoms with E-state index in [-0.39, 0.29) is 10.6 Å². The number of rotatable bonds is 5. The standard InChI is InChI=1S/C23H16ClNO3/c24-22-7-5-17(12-21(22)23(26)27)16-3-1-2-15(10-16)14-28-20-6-4-19-13-25-9-8-18(19)11-20/h1-13H,14H2,(H,26,27). The Kier molecular flexibility index (Phi) is 4.96. The van der Waals surface area contributed by atoms with E-state index in [0.717, 1.165) is 33.2 Å². The van der Waals surface area contributed by atoms with Crippen LogP contribution in [0.15, 0.2) is 79.1 Å². The van der Waals surface area contributed by atoms with Gasteiger partial charge in [-0.3, -0.25) is 4.98 Å². The monoisotopic (exact) mass is 389 g/mol. The summed E-state index contributed by atoms with van der Waals surface area (Å²) in [5.41, 5.74) is 2.78. The number of ether oxygens (including phenoxy) is 1. The molecule has 4 nitrogen and oxygen atoms in total. The van der Waals surface area contributed by atoms with E-state index in [1.165, 1.54) is 0 Å². The van der Waals surface area contributed by atoms with Crippen molar-refractivity contribution in [2.24, 2.45) is 0 Å². The number of fused-ring (bicyclic) bond motifs is 1. The van der Waals surface area contributed by atoms with E-state index in [4.69, 9.17) is 16.3 Å². The molecular weight excluding hydrogens is 374 g/mol. The average molecular weight is 390 g/mol. The summed E-state index contributed by atoms with van der Waals surface area (Å²) in [6.45, 7) is 0.407. The smallest absolute Gasteiger partial charge is 0.337 e. The maximum Gasteiger partial charge on any atom is 0.337 e. The molecule has 4 rings (SSSR count). The second-order valence-corrected chi connectivity index (χ2v) is 6.78. The van der Waals surface area contributed by atoms with Gasteiger partial charge in [-0.05, 0) is 64.5 Å². The molecule has 0 unspecified atom stereocenters. The van der Waals surface area contributed by atoms with Crippen LogP contribution < -0.4 is 4.74 Å². The number of aromatic nitrogens is 1. The van der Waals surface area contributed by atoms with Gasteiger partial charge in [0.05, 0.1) is 10.6 Å². The van der Waals surface area contributed by atoms with E-state index in [1.54, 1.807) is 18.3 Å². The van der Waals surface area contributed by atoms with Gasteiger partial charge in [0.1, 0.15) is 12.4 Å². The lowest BCUT2D eigenvalue weighted by Gasteiger charge is -2.10. The number of benzene rings is 3. The van der Waals surface area contributed by atoms with Gasteiger partial charge in [0.2, 0.25) is 0 Å². The molecule has 0 spiro atoms. The van der Waals surface area contributed by atoms with Crippen molar-refractivity contribution in [3.63, 3.8) is 0 Å². The minimum absolute atomic E-state index is 0.0893. The van der Waals surface area contributed by atoms with Crippen molar-refractivity contribution in [2.75, 3.05) is 0 Å². The highest BCUT2D eigenvalue weighted by molar-refractivity contribution is 6.33. The third-order valence-electron chi connectivity index (χ3n) is 4.47. The van der Waals surface area contributed by atoms with Crippen LogP contribution >= 0.6 is 11.6 Å². The molecule has 5 heteroatoms. The maximum absolute atomic E-state index is 11.3. The first-order chi connectivity index (χ1) is 13.6. The second-order valence-electron chi connectivity index (χ2n) is 6.37. The number of halogens is 1. The normalized spacial score (nSPS) is 10.8. The fraction of sp³-hybridized carbons (Fsp3) is 0.0435. The van der Waals surface area contributed by atoms with Gasteiger partial charge in [-0.1, -0.05) is 35.9 Å². The van der Waals surface area contributed by atoms with Crippen molar-refractivity contribution in [1.82, 2.24) is 4.98 Å². The molecule has 28 heavy (non-hydrogen) atoms. The Morgan fingerprint density at radius 2 is 1.82 bits per heavy atom. The summed E-state index contributed by atoms with van der Waals surface area (Å²) in [6, 6.07) is 20.7. The summed E-state index contributed by atoms with van der Waals surface area (Å²) in [6.07, 6.45) is 3.58. The number of nitrogens with zero attached hydrogens (tertiary/aromatic N) is 1. The van der Waals surface area contributed by atoms with E-state index in [0.29, 0.717) is 6.61 Å². The molecular formula is C23H16ClNO3. The molecule has 0 bridgehead atoms. The average Bonchev–Trinajstić information content (AvgIpc) is 2.72. The van der Waals surface area contributed by atoms with Crippen molar-refractivity contribution in [1.29, 1.82) is 0 Å². The number of carbonyl (C=O) groups is 1. The Balaban J connectivity index is 1.55. The third kappa shape index (κ3) is 3.82. The van der Waals surface area contributed by atoms with Gasteiger partial charge in [-0.2, -0.15) is 0 Å². The molecule has 0 saturated carbocycles. The molecule has 0 radical (unpaired) electrons. The van der Waals surface area contributed by atoms with Crippen molar-refractivity contribution in [3.05, 3.63) is 95.3 Å². The Morgan fingerprint density at radius 1 is 0.964 bits per heavy atom. The number of carboxylic acid groups (broad SMARTS) is 1. The summed E-state index contributed by atoms with van der Waals surface area (Å²) in [5, 5.41) is 11.6.